The first-order valence-corrected chi connectivity index (χ1v) is 8.60. The Bertz CT molecular complexity index is 276. The summed E-state index contributed by atoms with van der Waals surface area (Å²) in [5.74, 6) is 0.218. The van der Waals surface area contributed by atoms with Gasteiger partial charge in [0.25, 0.3) is 0 Å². The third-order valence-corrected chi connectivity index (χ3v) is 5.16. The number of aliphatic hydroxyl groups excluding tert-OH is 1. The zero-order valence-corrected chi connectivity index (χ0v) is 13.1. The molecule has 3 N–H and O–H groups in total. The van der Waals surface area contributed by atoms with E-state index in [2.05, 4.69) is 16.9 Å². The van der Waals surface area contributed by atoms with Gasteiger partial charge in [0.2, 0.25) is 0 Å². The average molecular weight is 288 g/mol. The molecule has 112 valence electrons. The van der Waals surface area contributed by atoms with Gasteiger partial charge >= 0.3 is 6.03 Å². The summed E-state index contributed by atoms with van der Waals surface area (Å²) in [6, 6.07) is 0.140. The summed E-state index contributed by atoms with van der Waals surface area (Å²) >= 11 is 1.89. The van der Waals surface area contributed by atoms with Crippen molar-refractivity contribution >= 4 is 17.8 Å². The second-order valence-electron chi connectivity index (χ2n) is 5.53. The number of nitrogens with one attached hydrogen (secondary N) is 2. The first-order chi connectivity index (χ1) is 9.06. The molecular weight excluding hydrogens is 260 g/mol. The molecule has 0 aromatic heterocycles. The van der Waals surface area contributed by atoms with E-state index in [0.29, 0.717) is 11.8 Å². The summed E-state index contributed by atoms with van der Waals surface area (Å²) < 4.78 is 0. The molecule has 4 nitrogen and oxygen atoms in total. The summed E-state index contributed by atoms with van der Waals surface area (Å²) in [7, 11) is 0. The first-order valence-electron chi connectivity index (χ1n) is 7.32. The van der Waals surface area contributed by atoms with E-state index in [1.807, 2.05) is 25.6 Å². The Hall–Kier alpha value is -0.420. The fraction of sp³-hybridized carbons (Fsp3) is 0.929. The highest BCUT2D eigenvalue weighted by Crippen LogP contribution is 2.26. The van der Waals surface area contributed by atoms with Crippen LogP contribution in [0.2, 0.25) is 0 Å². The predicted octanol–water partition coefficient (Wildman–Crippen LogP) is 2.37. The van der Waals surface area contributed by atoms with E-state index in [4.69, 9.17) is 0 Å². The molecule has 0 bridgehead atoms. The smallest absolute Gasteiger partial charge is 0.315 e. The lowest BCUT2D eigenvalue weighted by Gasteiger charge is -2.29. The minimum atomic E-state index is -0.457. The molecule has 2 amide bonds. The number of thioether (sulfide) groups is 1. The number of amides is 2. The number of aliphatic hydroxyl groups is 1. The van der Waals surface area contributed by atoms with Gasteiger partial charge in [0.15, 0.2) is 0 Å². The van der Waals surface area contributed by atoms with Crippen LogP contribution in [-0.2, 0) is 0 Å². The third kappa shape index (κ3) is 6.04. The van der Waals surface area contributed by atoms with Gasteiger partial charge in [-0.3, -0.25) is 0 Å². The molecular formula is C14H28N2O2S. The van der Waals surface area contributed by atoms with Gasteiger partial charge in [0.1, 0.15) is 0 Å². The fourth-order valence-electron chi connectivity index (χ4n) is 2.40. The largest absolute Gasteiger partial charge is 0.391 e. The molecule has 1 rings (SSSR count). The van der Waals surface area contributed by atoms with E-state index >= 15 is 0 Å². The topological polar surface area (TPSA) is 61.4 Å². The Morgan fingerprint density at radius 1 is 1.47 bits per heavy atom. The van der Waals surface area contributed by atoms with E-state index in [0.717, 1.165) is 19.3 Å². The van der Waals surface area contributed by atoms with Crippen molar-refractivity contribution in [3.63, 3.8) is 0 Å². The van der Waals surface area contributed by atoms with Gasteiger partial charge in [0, 0.05) is 17.8 Å². The molecule has 1 saturated carbocycles. The maximum Gasteiger partial charge on any atom is 0.315 e. The van der Waals surface area contributed by atoms with Crippen molar-refractivity contribution in [3.8, 4) is 0 Å². The molecule has 1 aliphatic carbocycles. The quantitative estimate of drug-likeness (QED) is 0.703. The highest BCUT2D eigenvalue weighted by atomic mass is 32.2. The average Bonchev–Trinajstić information content (AvgIpc) is 2.44. The fourth-order valence-corrected chi connectivity index (χ4v) is 3.22. The van der Waals surface area contributed by atoms with E-state index < -0.39 is 6.10 Å². The van der Waals surface area contributed by atoms with Crippen molar-refractivity contribution in [2.75, 3.05) is 12.8 Å². The van der Waals surface area contributed by atoms with Gasteiger partial charge in [-0.15, -0.1) is 0 Å². The molecule has 0 heterocycles. The van der Waals surface area contributed by atoms with Gasteiger partial charge in [-0.2, -0.15) is 11.8 Å². The van der Waals surface area contributed by atoms with Crippen LogP contribution in [0.4, 0.5) is 4.79 Å². The Balaban J connectivity index is 2.23. The highest BCUT2D eigenvalue weighted by molar-refractivity contribution is 7.99. The van der Waals surface area contributed by atoms with Crippen LogP contribution in [0.15, 0.2) is 0 Å². The second-order valence-corrected chi connectivity index (χ2v) is 6.67. The second kappa shape index (κ2) is 8.69. The number of rotatable bonds is 6. The van der Waals surface area contributed by atoms with Crippen LogP contribution in [0.1, 0.15) is 46.0 Å². The molecule has 0 aromatic rings. The van der Waals surface area contributed by atoms with E-state index in [9.17, 15) is 9.90 Å². The summed E-state index contributed by atoms with van der Waals surface area (Å²) in [4.78, 5) is 11.8. The van der Waals surface area contributed by atoms with Crippen molar-refractivity contribution in [2.24, 2.45) is 5.92 Å². The molecule has 1 fully saturated rings. The molecule has 4 unspecified atom stereocenters. The van der Waals surface area contributed by atoms with Gasteiger partial charge < -0.3 is 15.7 Å². The molecule has 4 atom stereocenters. The van der Waals surface area contributed by atoms with E-state index in [-0.39, 0.29) is 18.0 Å². The lowest BCUT2D eigenvalue weighted by Crippen LogP contribution is -2.47. The zero-order valence-electron chi connectivity index (χ0n) is 12.3. The summed E-state index contributed by atoms with van der Waals surface area (Å²) in [5, 5.41) is 16.3. The minimum absolute atomic E-state index is 0.144. The molecule has 19 heavy (non-hydrogen) atoms. The van der Waals surface area contributed by atoms with Crippen LogP contribution in [0.5, 0.6) is 0 Å². The zero-order chi connectivity index (χ0) is 14.3. The van der Waals surface area contributed by atoms with Crippen LogP contribution in [0.3, 0.4) is 0 Å². The molecule has 0 saturated heterocycles. The van der Waals surface area contributed by atoms with Crippen LogP contribution in [-0.4, -0.2) is 41.3 Å². The number of hydrogen-bond donors (Lipinski definition) is 3. The number of carbonyl (C=O) groups is 1. The van der Waals surface area contributed by atoms with Gasteiger partial charge in [-0.05, 0) is 31.4 Å². The molecule has 0 aromatic carbocycles. The van der Waals surface area contributed by atoms with Gasteiger partial charge in [0.05, 0.1) is 6.10 Å². The summed E-state index contributed by atoms with van der Waals surface area (Å²) in [5.41, 5.74) is 0. The normalized spacial score (nSPS) is 26.5. The van der Waals surface area contributed by atoms with Gasteiger partial charge in [-0.1, -0.05) is 26.7 Å². The van der Waals surface area contributed by atoms with Gasteiger partial charge in [-0.25, -0.2) is 4.79 Å². The lowest BCUT2D eigenvalue weighted by molar-refractivity contribution is 0.114. The molecule has 0 spiro atoms. The maximum absolute atomic E-state index is 11.8. The summed E-state index contributed by atoms with van der Waals surface area (Å²) in [6.07, 6.45) is 7.17. The van der Waals surface area contributed by atoms with Crippen molar-refractivity contribution in [1.82, 2.24) is 10.6 Å². The Morgan fingerprint density at radius 3 is 2.84 bits per heavy atom. The van der Waals surface area contributed by atoms with Crippen molar-refractivity contribution in [3.05, 3.63) is 0 Å². The Labute approximate surface area is 121 Å². The molecule has 5 heteroatoms. The molecule has 0 radical (unpaired) electrons. The summed E-state index contributed by atoms with van der Waals surface area (Å²) in [6.45, 7) is 4.37. The highest BCUT2D eigenvalue weighted by Gasteiger charge is 2.22. The monoisotopic (exact) mass is 288 g/mol. The number of hydrogen-bond acceptors (Lipinski definition) is 3. The number of carbonyl (C=O) groups excluding carboxylic acids is 1. The third-order valence-electron chi connectivity index (χ3n) is 4.07. The van der Waals surface area contributed by atoms with Crippen molar-refractivity contribution in [2.45, 2.75) is 63.3 Å². The molecule has 0 aliphatic heterocycles. The standard InChI is InChI=1S/C14H28N2O2S/c1-4-10(2)13(17)9-15-14(18)16-11-6-5-7-12(8-11)19-3/h10-13,17H,4-9H2,1-3H3,(H2,15,16,18). The lowest BCUT2D eigenvalue weighted by atomic mass is 9.95. The predicted molar refractivity (Wildman–Crippen MR) is 81.6 cm³/mol. The van der Waals surface area contributed by atoms with Crippen molar-refractivity contribution < 1.29 is 9.90 Å². The van der Waals surface area contributed by atoms with E-state index in [1.165, 1.54) is 12.8 Å². The first kappa shape index (κ1) is 16.6. The van der Waals surface area contributed by atoms with Crippen LogP contribution in [0.25, 0.3) is 0 Å². The number of urea groups is 1. The Kier molecular flexibility index (Phi) is 7.61. The SMILES string of the molecule is CCC(C)C(O)CNC(=O)NC1CCCC(SC)C1. The maximum atomic E-state index is 11.8. The minimum Gasteiger partial charge on any atom is -0.391 e. The van der Waals surface area contributed by atoms with E-state index in [1.54, 1.807) is 0 Å². The molecule has 1 aliphatic rings. The van der Waals surface area contributed by atoms with Crippen LogP contribution < -0.4 is 10.6 Å². The van der Waals surface area contributed by atoms with Crippen LogP contribution in [0, 0.1) is 5.92 Å². The van der Waals surface area contributed by atoms with Crippen molar-refractivity contribution in [1.29, 1.82) is 0 Å². The van der Waals surface area contributed by atoms with Crippen LogP contribution >= 0.6 is 11.8 Å². The Morgan fingerprint density at radius 2 is 2.21 bits per heavy atom.